The zero-order valence-corrected chi connectivity index (χ0v) is 20.5. The van der Waals surface area contributed by atoms with Gasteiger partial charge in [-0.05, 0) is 79.5 Å². The molecule has 1 aliphatic heterocycles. The summed E-state index contributed by atoms with van der Waals surface area (Å²) in [6.45, 7) is 4.11. The molecular weight excluding hydrogens is 503 g/mol. The lowest BCUT2D eigenvalue weighted by Gasteiger charge is -2.45. The largest absolute Gasteiger partial charge is 0.481 e. The summed E-state index contributed by atoms with van der Waals surface area (Å²) in [5, 5.41) is 9.30. The second kappa shape index (κ2) is 11.4. The number of aliphatic carboxylic acids is 1. The van der Waals surface area contributed by atoms with Gasteiger partial charge in [0.05, 0.1) is 11.1 Å². The van der Waals surface area contributed by atoms with Crippen molar-refractivity contribution in [2.45, 2.75) is 70.4 Å². The highest BCUT2D eigenvalue weighted by Gasteiger charge is 2.41. The highest BCUT2D eigenvalue weighted by atomic mass is 19.4. The first-order valence-electron chi connectivity index (χ1n) is 12.2. The lowest BCUT2D eigenvalue weighted by atomic mass is 9.82. The Balaban J connectivity index is 2.09. The standard InChI is InChI=1S/C27H30F7NO2/c1-16(2)3-10-23(21-9-8-20(28)15-22(21)27(32,33)34)35-12-11-17(14-25(36)37)13-24(35)18-4-6-19(7-5-18)26(29,30)31/h4-9,15-17,23-24H,3,10-14H2,1-2H3,(H,36,37). The first kappa shape index (κ1) is 28.9. The maximum Gasteiger partial charge on any atom is 0.416 e. The van der Waals surface area contributed by atoms with Crippen molar-refractivity contribution in [3.63, 3.8) is 0 Å². The number of carboxylic acids is 1. The van der Waals surface area contributed by atoms with E-state index in [1.165, 1.54) is 12.1 Å². The molecule has 0 aromatic heterocycles. The molecule has 204 valence electrons. The molecule has 1 heterocycles. The number of carbonyl (C=O) groups is 1. The number of piperidine rings is 1. The minimum absolute atomic E-state index is 0.0943. The van der Waals surface area contributed by atoms with E-state index in [1.807, 2.05) is 18.7 Å². The molecule has 10 heteroatoms. The molecule has 2 aromatic rings. The Labute approximate surface area is 211 Å². The van der Waals surface area contributed by atoms with Crippen LogP contribution < -0.4 is 0 Å². The fraction of sp³-hybridized carbons (Fsp3) is 0.519. The molecule has 3 unspecified atom stereocenters. The van der Waals surface area contributed by atoms with Crippen LogP contribution in [0.3, 0.4) is 0 Å². The summed E-state index contributed by atoms with van der Waals surface area (Å²) in [6.07, 6.45) is -7.96. The molecule has 2 aromatic carbocycles. The van der Waals surface area contributed by atoms with Crippen LogP contribution in [0.25, 0.3) is 0 Å². The number of benzene rings is 2. The molecular formula is C27H30F7NO2. The summed E-state index contributed by atoms with van der Waals surface area (Å²) in [5.41, 5.74) is -1.56. The van der Waals surface area contributed by atoms with Crippen molar-refractivity contribution in [2.24, 2.45) is 11.8 Å². The summed E-state index contributed by atoms with van der Waals surface area (Å²) in [5.74, 6) is -2.16. The fourth-order valence-corrected chi connectivity index (χ4v) is 5.14. The van der Waals surface area contributed by atoms with E-state index >= 15 is 0 Å². The second-order valence-electron chi connectivity index (χ2n) is 10.1. The van der Waals surface area contributed by atoms with Crippen LogP contribution in [0.4, 0.5) is 30.7 Å². The summed E-state index contributed by atoms with van der Waals surface area (Å²) in [7, 11) is 0. The average Bonchev–Trinajstić information content (AvgIpc) is 2.79. The third-order valence-electron chi connectivity index (χ3n) is 6.94. The van der Waals surface area contributed by atoms with Crippen molar-refractivity contribution in [3.8, 4) is 0 Å². The first-order valence-corrected chi connectivity index (χ1v) is 12.2. The molecule has 3 rings (SSSR count). The zero-order valence-electron chi connectivity index (χ0n) is 20.5. The van der Waals surface area contributed by atoms with Crippen LogP contribution in [0.15, 0.2) is 42.5 Å². The van der Waals surface area contributed by atoms with Crippen molar-refractivity contribution in [1.29, 1.82) is 0 Å². The van der Waals surface area contributed by atoms with Gasteiger partial charge < -0.3 is 5.11 Å². The molecule has 0 bridgehead atoms. The number of halogens is 7. The fourth-order valence-electron chi connectivity index (χ4n) is 5.14. The summed E-state index contributed by atoms with van der Waals surface area (Å²) < 4.78 is 95.3. The summed E-state index contributed by atoms with van der Waals surface area (Å²) >= 11 is 0. The minimum atomic E-state index is -4.81. The van der Waals surface area contributed by atoms with Gasteiger partial charge in [-0.2, -0.15) is 26.3 Å². The van der Waals surface area contributed by atoms with E-state index in [-0.39, 0.29) is 36.8 Å². The maximum atomic E-state index is 14.0. The van der Waals surface area contributed by atoms with Gasteiger partial charge in [-0.3, -0.25) is 9.69 Å². The number of alkyl halides is 6. The van der Waals surface area contributed by atoms with E-state index < -0.39 is 47.3 Å². The topological polar surface area (TPSA) is 40.5 Å². The van der Waals surface area contributed by atoms with Gasteiger partial charge in [0.25, 0.3) is 0 Å². The predicted octanol–water partition coefficient (Wildman–Crippen LogP) is 8.27. The molecule has 1 saturated heterocycles. The van der Waals surface area contributed by atoms with Gasteiger partial charge in [-0.25, -0.2) is 4.39 Å². The van der Waals surface area contributed by atoms with Crippen molar-refractivity contribution in [3.05, 3.63) is 70.5 Å². The van der Waals surface area contributed by atoms with E-state index in [4.69, 9.17) is 0 Å². The zero-order chi connectivity index (χ0) is 27.5. The van der Waals surface area contributed by atoms with Crippen molar-refractivity contribution < 1.29 is 40.6 Å². The first-order chi connectivity index (χ1) is 17.2. The third kappa shape index (κ3) is 7.46. The molecule has 1 aliphatic rings. The van der Waals surface area contributed by atoms with E-state index in [1.54, 1.807) is 0 Å². The SMILES string of the molecule is CC(C)CCC(c1ccc(F)cc1C(F)(F)F)N1CCC(CC(=O)O)CC1c1ccc(C(F)(F)F)cc1. The van der Waals surface area contributed by atoms with Gasteiger partial charge in [0.15, 0.2) is 0 Å². The van der Waals surface area contributed by atoms with Gasteiger partial charge in [0.2, 0.25) is 0 Å². The molecule has 1 fully saturated rings. The number of nitrogens with zero attached hydrogens (tertiary/aromatic N) is 1. The Hall–Kier alpha value is -2.62. The van der Waals surface area contributed by atoms with Crippen LogP contribution in [-0.2, 0) is 17.1 Å². The quantitative estimate of drug-likeness (QED) is 0.347. The Kier molecular flexibility index (Phi) is 8.93. The highest BCUT2D eigenvalue weighted by molar-refractivity contribution is 5.67. The van der Waals surface area contributed by atoms with E-state index in [0.29, 0.717) is 30.9 Å². The van der Waals surface area contributed by atoms with Gasteiger partial charge in [-0.15, -0.1) is 0 Å². The van der Waals surface area contributed by atoms with Crippen molar-refractivity contribution in [2.75, 3.05) is 6.54 Å². The molecule has 0 radical (unpaired) electrons. The molecule has 1 N–H and O–H groups in total. The lowest BCUT2D eigenvalue weighted by molar-refractivity contribution is -0.140. The molecule has 0 spiro atoms. The molecule has 3 nitrogen and oxygen atoms in total. The Morgan fingerprint density at radius 1 is 1.00 bits per heavy atom. The van der Waals surface area contributed by atoms with E-state index in [0.717, 1.165) is 24.3 Å². The molecule has 0 amide bonds. The summed E-state index contributed by atoms with van der Waals surface area (Å²) in [6, 6.07) is 5.65. The van der Waals surface area contributed by atoms with Gasteiger partial charge >= 0.3 is 18.3 Å². The number of likely N-dealkylation sites (tertiary alicyclic amines) is 1. The van der Waals surface area contributed by atoms with Gasteiger partial charge in [0, 0.05) is 18.5 Å². The third-order valence-corrected chi connectivity index (χ3v) is 6.94. The number of hydrogen-bond acceptors (Lipinski definition) is 2. The van der Waals surface area contributed by atoms with Crippen LogP contribution in [0, 0.1) is 17.7 Å². The van der Waals surface area contributed by atoms with E-state index in [9.17, 15) is 40.6 Å². The average molecular weight is 534 g/mol. The Bertz CT molecular complexity index is 1060. The molecule has 37 heavy (non-hydrogen) atoms. The van der Waals surface area contributed by atoms with Crippen LogP contribution in [-0.4, -0.2) is 22.5 Å². The Morgan fingerprint density at radius 2 is 1.65 bits per heavy atom. The normalized spacial score (nSPS) is 20.3. The molecule has 0 saturated carbocycles. The highest BCUT2D eigenvalue weighted by Crippen LogP contribution is 2.46. The van der Waals surface area contributed by atoms with Crippen LogP contribution in [0.2, 0.25) is 0 Å². The molecule has 3 atom stereocenters. The smallest absolute Gasteiger partial charge is 0.416 e. The minimum Gasteiger partial charge on any atom is -0.481 e. The van der Waals surface area contributed by atoms with Crippen molar-refractivity contribution in [1.82, 2.24) is 4.90 Å². The monoisotopic (exact) mass is 533 g/mol. The predicted molar refractivity (Wildman–Crippen MR) is 124 cm³/mol. The van der Waals surface area contributed by atoms with Crippen LogP contribution in [0.5, 0.6) is 0 Å². The summed E-state index contributed by atoms with van der Waals surface area (Å²) in [4.78, 5) is 13.2. The Morgan fingerprint density at radius 3 is 2.19 bits per heavy atom. The van der Waals surface area contributed by atoms with Gasteiger partial charge in [-0.1, -0.05) is 32.0 Å². The number of hydrogen-bond donors (Lipinski definition) is 1. The van der Waals surface area contributed by atoms with Crippen molar-refractivity contribution >= 4 is 5.97 Å². The van der Waals surface area contributed by atoms with Crippen LogP contribution >= 0.6 is 0 Å². The number of carboxylic acid groups (broad SMARTS) is 1. The molecule has 0 aliphatic carbocycles. The maximum absolute atomic E-state index is 14.0. The van der Waals surface area contributed by atoms with Gasteiger partial charge in [0.1, 0.15) is 5.82 Å². The van der Waals surface area contributed by atoms with E-state index in [2.05, 4.69) is 0 Å². The number of rotatable bonds is 8. The second-order valence-corrected chi connectivity index (χ2v) is 10.1. The lowest BCUT2D eigenvalue weighted by Crippen LogP contribution is -2.40. The van der Waals surface area contributed by atoms with Crippen LogP contribution in [0.1, 0.15) is 80.3 Å².